The molecule has 0 aliphatic carbocycles. The summed E-state index contributed by atoms with van der Waals surface area (Å²) in [7, 11) is 0. The predicted molar refractivity (Wildman–Crippen MR) is 68.7 cm³/mol. The fourth-order valence-electron chi connectivity index (χ4n) is 1.92. The molecule has 0 aliphatic rings. The van der Waals surface area contributed by atoms with Gasteiger partial charge in [0.05, 0.1) is 18.6 Å². The van der Waals surface area contributed by atoms with Crippen LogP contribution in [0.3, 0.4) is 0 Å². The second-order valence-electron chi connectivity index (χ2n) is 4.29. The first-order valence-corrected chi connectivity index (χ1v) is 6.09. The van der Waals surface area contributed by atoms with Crippen molar-refractivity contribution in [1.29, 1.82) is 0 Å². The van der Waals surface area contributed by atoms with E-state index in [0.29, 0.717) is 5.65 Å². The smallest absolute Gasteiger partial charge is 0.199 e. The number of aromatic amines is 1. The largest absolute Gasteiger partial charge is 0.369 e. The van der Waals surface area contributed by atoms with E-state index in [1.807, 2.05) is 13.1 Å². The van der Waals surface area contributed by atoms with E-state index in [2.05, 4.69) is 36.0 Å². The molecule has 3 aromatic heterocycles. The molecule has 8 nitrogen and oxygen atoms in total. The molecule has 3 aromatic rings. The fourth-order valence-corrected chi connectivity index (χ4v) is 1.92. The molecule has 0 atom stereocenters. The second kappa shape index (κ2) is 5.01. The lowest BCUT2D eigenvalue weighted by Crippen LogP contribution is -2.08. The molecule has 3 rings (SSSR count). The number of H-pyrrole nitrogens is 1. The van der Waals surface area contributed by atoms with Crippen molar-refractivity contribution in [3.05, 3.63) is 29.8 Å². The van der Waals surface area contributed by atoms with Crippen LogP contribution in [0.25, 0.3) is 5.65 Å². The van der Waals surface area contributed by atoms with Crippen molar-refractivity contribution in [2.75, 3.05) is 11.9 Å². The van der Waals surface area contributed by atoms with Crippen LogP contribution >= 0.6 is 0 Å². The Kier molecular flexibility index (Phi) is 3.05. The van der Waals surface area contributed by atoms with Crippen molar-refractivity contribution in [3.8, 4) is 0 Å². The van der Waals surface area contributed by atoms with Gasteiger partial charge in [0, 0.05) is 12.2 Å². The summed E-state index contributed by atoms with van der Waals surface area (Å²) < 4.78 is 1.64. The van der Waals surface area contributed by atoms with Gasteiger partial charge < -0.3 is 5.32 Å². The van der Waals surface area contributed by atoms with Gasteiger partial charge in [0.2, 0.25) is 0 Å². The number of nitrogens with zero attached hydrogens (tertiary/aromatic N) is 6. The van der Waals surface area contributed by atoms with Gasteiger partial charge in [0.25, 0.3) is 0 Å². The standard InChI is InChI=1S/C11H14N8/c1-8-9(5-14-15-8)3-2-4-13-10-6-12-7-11-16-17-18-19(10)11/h5-7,13H,2-4H2,1H3,(H,14,15). The molecule has 98 valence electrons. The molecule has 2 N–H and O–H groups in total. The number of rotatable bonds is 5. The van der Waals surface area contributed by atoms with E-state index in [0.717, 1.165) is 30.9 Å². The Labute approximate surface area is 109 Å². The summed E-state index contributed by atoms with van der Waals surface area (Å²) in [6.07, 6.45) is 7.19. The quantitative estimate of drug-likeness (QED) is 0.650. The van der Waals surface area contributed by atoms with Gasteiger partial charge in [-0.2, -0.15) is 9.61 Å². The lowest BCUT2D eigenvalue weighted by molar-refractivity contribution is 0.804. The molecule has 0 spiro atoms. The van der Waals surface area contributed by atoms with Crippen LogP contribution in [0.2, 0.25) is 0 Å². The van der Waals surface area contributed by atoms with Crippen LogP contribution < -0.4 is 5.32 Å². The number of fused-ring (bicyclic) bond motifs is 1. The van der Waals surface area contributed by atoms with E-state index in [-0.39, 0.29) is 0 Å². The Balaban J connectivity index is 1.58. The first-order valence-electron chi connectivity index (χ1n) is 6.09. The maximum absolute atomic E-state index is 4.09. The monoisotopic (exact) mass is 258 g/mol. The highest BCUT2D eigenvalue weighted by Gasteiger charge is 2.03. The molecule has 0 aliphatic heterocycles. The Bertz CT molecular complexity index is 670. The maximum atomic E-state index is 4.09. The van der Waals surface area contributed by atoms with Crippen molar-refractivity contribution in [3.63, 3.8) is 0 Å². The third-order valence-electron chi connectivity index (χ3n) is 2.97. The summed E-state index contributed by atoms with van der Waals surface area (Å²) in [5, 5.41) is 21.6. The van der Waals surface area contributed by atoms with Gasteiger partial charge in [-0.3, -0.25) is 10.1 Å². The normalized spacial score (nSPS) is 11.0. The van der Waals surface area contributed by atoms with Crippen LogP contribution in [0.1, 0.15) is 17.7 Å². The molecule has 3 heterocycles. The Hall–Kier alpha value is -2.51. The van der Waals surface area contributed by atoms with Crippen molar-refractivity contribution in [2.24, 2.45) is 0 Å². The number of hydrogen-bond donors (Lipinski definition) is 2. The molecule has 0 bridgehead atoms. The minimum absolute atomic E-state index is 0.635. The summed E-state index contributed by atoms with van der Waals surface area (Å²) in [4.78, 5) is 4.09. The van der Waals surface area contributed by atoms with Crippen LogP contribution in [0.4, 0.5) is 5.82 Å². The SMILES string of the molecule is Cc1[nH]ncc1CCCNc1cncc2nnnn12. The summed E-state index contributed by atoms with van der Waals surface area (Å²) in [6, 6.07) is 0. The molecule has 0 saturated heterocycles. The average Bonchev–Trinajstić information content (AvgIpc) is 3.04. The molecular formula is C11H14N8. The molecule has 0 radical (unpaired) electrons. The van der Waals surface area contributed by atoms with Gasteiger partial charge in [-0.05, 0) is 35.8 Å². The van der Waals surface area contributed by atoms with Crippen LogP contribution in [0, 0.1) is 6.92 Å². The number of hydrogen-bond acceptors (Lipinski definition) is 6. The van der Waals surface area contributed by atoms with E-state index in [9.17, 15) is 0 Å². The molecule has 0 aromatic carbocycles. The van der Waals surface area contributed by atoms with E-state index in [1.54, 1.807) is 16.9 Å². The third kappa shape index (κ3) is 2.37. The molecular weight excluding hydrogens is 244 g/mol. The summed E-state index contributed by atoms with van der Waals surface area (Å²) in [5.41, 5.74) is 3.01. The van der Waals surface area contributed by atoms with Gasteiger partial charge in [-0.25, -0.2) is 0 Å². The number of nitrogens with one attached hydrogen (secondary N) is 2. The van der Waals surface area contributed by atoms with E-state index < -0.39 is 0 Å². The first kappa shape index (κ1) is 11.6. The van der Waals surface area contributed by atoms with Gasteiger partial charge in [0.15, 0.2) is 5.65 Å². The summed E-state index contributed by atoms with van der Waals surface area (Å²) >= 11 is 0. The van der Waals surface area contributed by atoms with Crippen molar-refractivity contribution in [2.45, 2.75) is 19.8 Å². The van der Waals surface area contributed by atoms with Gasteiger partial charge in [-0.15, -0.1) is 5.10 Å². The molecule has 0 unspecified atom stereocenters. The highest BCUT2D eigenvalue weighted by Crippen LogP contribution is 2.08. The van der Waals surface area contributed by atoms with Gasteiger partial charge >= 0.3 is 0 Å². The molecule has 0 fully saturated rings. The summed E-state index contributed by atoms with van der Waals surface area (Å²) in [6.45, 7) is 2.85. The first-order chi connectivity index (χ1) is 9.34. The van der Waals surface area contributed by atoms with Crippen molar-refractivity contribution < 1.29 is 0 Å². The highest BCUT2D eigenvalue weighted by molar-refractivity contribution is 5.43. The predicted octanol–water partition coefficient (Wildman–Crippen LogP) is 0.596. The van der Waals surface area contributed by atoms with Crippen LogP contribution in [-0.4, -0.2) is 41.8 Å². The van der Waals surface area contributed by atoms with Crippen LogP contribution in [0.5, 0.6) is 0 Å². The number of tetrazole rings is 1. The van der Waals surface area contributed by atoms with E-state index in [4.69, 9.17) is 0 Å². The van der Waals surface area contributed by atoms with Crippen molar-refractivity contribution >= 4 is 11.5 Å². The van der Waals surface area contributed by atoms with Crippen LogP contribution in [-0.2, 0) is 6.42 Å². The minimum Gasteiger partial charge on any atom is -0.369 e. The van der Waals surface area contributed by atoms with E-state index >= 15 is 0 Å². The van der Waals surface area contributed by atoms with Crippen LogP contribution in [0.15, 0.2) is 18.6 Å². The Morgan fingerprint density at radius 2 is 2.26 bits per heavy atom. The van der Waals surface area contributed by atoms with Gasteiger partial charge in [-0.1, -0.05) is 0 Å². The number of aryl methyl sites for hydroxylation is 2. The number of anilines is 1. The van der Waals surface area contributed by atoms with Crippen molar-refractivity contribution in [1.82, 2.24) is 35.2 Å². The lowest BCUT2D eigenvalue weighted by atomic mass is 10.1. The zero-order valence-corrected chi connectivity index (χ0v) is 10.5. The average molecular weight is 258 g/mol. The van der Waals surface area contributed by atoms with Gasteiger partial charge in [0.1, 0.15) is 5.82 Å². The topological polar surface area (TPSA) is 96.7 Å². The zero-order valence-electron chi connectivity index (χ0n) is 10.5. The minimum atomic E-state index is 0.635. The van der Waals surface area contributed by atoms with E-state index in [1.165, 1.54) is 5.56 Å². The second-order valence-corrected chi connectivity index (χ2v) is 4.29. The number of aromatic nitrogens is 7. The summed E-state index contributed by atoms with van der Waals surface area (Å²) in [5.74, 6) is 0.798. The molecule has 19 heavy (non-hydrogen) atoms. The fraction of sp³-hybridized carbons (Fsp3) is 0.364. The Morgan fingerprint density at radius 1 is 1.32 bits per heavy atom. The molecule has 8 heteroatoms. The Morgan fingerprint density at radius 3 is 3.11 bits per heavy atom. The zero-order chi connectivity index (χ0) is 13.1. The molecule has 0 amide bonds. The maximum Gasteiger partial charge on any atom is 0.199 e. The lowest BCUT2D eigenvalue weighted by Gasteiger charge is -2.06. The third-order valence-corrected chi connectivity index (χ3v) is 2.97. The highest BCUT2D eigenvalue weighted by atomic mass is 15.5. The molecule has 0 saturated carbocycles.